The summed E-state index contributed by atoms with van der Waals surface area (Å²) in [5, 5.41) is 4.29. The predicted molar refractivity (Wildman–Crippen MR) is 98.0 cm³/mol. The zero-order valence-corrected chi connectivity index (χ0v) is 15.3. The summed E-state index contributed by atoms with van der Waals surface area (Å²) in [5.74, 6) is -0.544. The normalized spacial score (nSPS) is 25.1. The van der Waals surface area contributed by atoms with Crippen LogP contribution in [0.15, 0.2) is 42.7 Å². The summed E-state index contributed by atoms with van der Waals surface area (Å²) >= 11 is 0. The maximum Gasteiger partial charge on any atom is 0.261 e. The fourth-order valence-electron chi connectivity index (χ4n) is 4.81. The lowest BCUT2D eigenvalue weighted by molar-refractivity contribution is -0.140. The number of hydrogen-bond donors (Lipinski definition) is 0. The minimum atomic E-state index is -0.919. The molecule has 2 atom stereocenters. The Hall–Kier alpha value is -3.07. The predicted octanol–water partition coefficient (Wildman–Crippen LogP) is 2.29. The van der Waals surface area contributed by atoms with E-state index >= 15 is 0 Å². The molecule has 1 spiro atoms. The number of aromatic nitrogens is 3. The van der Waals surface area contributed by atoms with Crippen molar-refractivity contribution in [3.05, 3.63) is 59.9 Å². The summed E-state index contributed by atoms with van der Waals surface area (Å²) in [6, 6.07) is 6.74. The number of anilines is 1. The van der Waals surface area contributed by atoms with E-state index in [2.05, 4.69) is 10.1 Å². The van der Waals surface area contributed by atoms with Crippen LogP contribution in [0.4, 0.5) is 14.6 Å². The number of nitrogens with zero attached hydrogens (tertiary/aromatic N) is 5. The molecule has 0 unspecified atom stereocenters. The van der Waals surface area contributed by atoms with E-state index in [0.717, 1.165) is 17.5 Å². The van der Waals surface area contributed by atoms with E-state index in [9.17, 15) is 13.6 Å². The van der Waals surface area contributed by atoms with Crippen molar-refractivity contribution in [1.82, 2.24) is 19.5 Å². The zero-order chi connectivity index (χ0) is 19.8. The van der Waals surface area contributed by atoms with Crippen LogP contribution in [-0.4, -0.2) is 50.3 Å². The van der Waals surface area contributed by atoms with Crippen LogP contribution in [0.5, 0.6) is 0 Å². The van der Waals surface area contributed by atoms with Crippen molar-refractivity contribution in [2.24, 2.45) is 0 Å². The summed E-state index contributed by atoms with van der Waals surface area (Å²) in [6.07, 6.45) is 4.30. The van der Waals surface area contributed by atoms with Gasteiger partial charge in [0.15, 0.2) is 11.2 Å². The minimum Gasteiger partial charge on any atom is -0.349 e. The highest BCUT2D eigenvalue weighted by Gasteiger charge is 2.63. The van der Waals surface area contributed by atoms with Gasteiger partial charge in [0.2, 0.25) is 0 Å². The number of rotatable bonds is 2. The minimum absolute atomic E-state index is 0.114. The molecule has 2 aromatic heterocycles. The molecule has 3 aliphatic rings. The molecule has 0 radical (unpaired) electrons. The first kappa shape index (κ1) is 16.8. The van der Waals surface area contributed by atoms with Crippen molar-refractivity contribution in [3.8, 4) is 0 Å². The van der Waals surface area contributed by atoms with Gasteiger partial charge in [-0.25, -0.2) is 13.8 Å². The Morgan fingerprint density at radius 1 is 1.07 bits per heavy atom. The van der Waals surface area contributed by atoms with E-state index in [-0.39, 0.29) is 18.2 Å². The van der Waals surface area contributed by atoms with Crippen LogP contribution in [0.3, 0.4) is 0 Å². The third-order valence-corrected chi connectivity index (χ3v) is 6.08. The largest absolute Gasteiger partial charge is 0.349 e. The van der Waals surface area contributed by atoms with Crippen molar-refractivity contribution < 1.29 is 18.3 Å². The van der Waals surface area contributed by atoms with Gasteiger partial charge in [0.1, 0.15) is 23.7 Å². The number of ether oxygens (including phenoxy) is 1. The third kappa shape index (κ3) is 2.33. The molecule has 1 amide bonds. The molecular formula is C20H17F2N5O2. The van der Waals surface area contributed by atoms with Crippen LogP contribution in [0.2, 0.25) is 0 Å². The monoisotopic (exact) mass is 397 g/mol. The van der Waals surface area contributed by atoms with Crippen LogP contribution >= 0.6 is 0 Å². The fraction of sp³-hybridized carbons (Fsp3) is 0.350. The quantitative estimate of drug-likeness (QED) is 0.664. The van der Waals surface area contributed by atoms with E-state index in [1.54, 1.807) is 21.8 Å². The maximum absolute atomic E-state index is 13.7. The summed E-state index contributed by atoms with van der Waals surface area (Å²) in [7, 11) is 0. The Balaban J connectivity index is 1.27. The van der Waals surface area contributed by atoms with Gasteiger partial charge in [0.25, 0.3) is 5.91 Å². The number of carbonyl (C=O) groups excluding carboxylic acids is 1. The van der Waals surface area contributed by atoms with Gasteiger partial charge in [-0.1, -0.05) is 0 Å². The van der Waals surface area contributed by atoms with Crippen LogP contribution in [-0.2, 0) is 9.53 Å². The molecule has 9 heteroatoms. The SMILES string of the molecule is O=C1N2[C@@H](CC[C@H]2c2cc(F)cc(F)c2)OC12CN(c1ccnc3ccnn13)C2. The fourth-order valence-corrected chi connectivity index (χ4v) is 4.81. The lowest BCUT2D eigenvalue weighted by Crippen LogP contribution is -2.67. The molecule has 148 valence electrons. The molecule has 29 heavy (non-hydrogen) atoms. The Bertz CT molecular complexity index is 1120. The van der Waals surface area contributed by atoms with Crippen LogP contribution in [0, 0.1) is 11.6 Å². The highest BCUT2D eigenvalue weighted by Crippen LogP contribution is 2.48. The molecule has 3 aromatic rings. The van der Waals surface area contributed by atoms with Gasteiger partial charge in [-0.15, -0.1) is 0 Å². The van der Waals surface area contributed by atoms with E-state index in [1.807, 2.05) is 17.0 Å². The molecule has 0 aliphatic carbocycles. The molecule has 3 saturated heterocycles. The van der Waals surface area contributed by atoms with Crippen LogP contribution in [0.1, 0.15) is 24.4 Å². The van der Waals surface area contributed by atoms with Crippen molar-refractivity contribution in [2.75, 3.05) is 18.0 Å². The number of halogens is 2. The topological polar surface area (TPSA) is 63.0 Å². The highest BCUT2D eigenvalue weighted by atomic mass is 19.1. The number of fused-ring (bicyclic) bond motifs is 2. The summed E-state index contributed by atoms with van der Waals surface area (Å²) in [5.41, 5.74) is 0.288. The Labute approximate surface area is 164 Å². The first-order chi connectivity index (χ1) is 14.0. The average molecular weight is 397 g/mol. The first-order valence-corrected chi connectivity index (χ1v) is 9.54. The standard InChI is InChI=1S/C20H17F2N5O2/c21-13-7-12(8-14(22)9-13)15-1-2-18-26(15)19(28)20(29-18)10-25(11-20)17-4-5-23-16-3-6-24-27(16)17/h3-9,15,18H,1-2,10-11H2/t15-,18+/m0/s1. The number of benzene rings is 1. The number of hydrogen-bond acceptors (Lipinski definition) is 5. The highest BCUT2D eigenvalue weighted by molar-refractivity contribution is 5.91. The van der Waals surface area contributed by atoms with Gasteiger partial charge in [-0.3, -0.25) is 4.79 Å². The molecule has 0 bridgehead atoms. The second-order valence-corrected chi connectivity index (χ2v) is 7.84. The van der Waals surface area contributed by atoms with Gasteiger partial charge >= 0.3 is 0 Å². The van der Waals surface area contributed by atoms with Crippen molar-refractivity contribution in [3.63, 3.8) is 0 Å². The van der Waals surface area contributed by atoms with Crippen LogP contribution < -0.4 is 4.90 Å². The summed E-state index contributed by atoms with van der Waals surface area (Å²) < 4.78 is 35.3. The second kappa shape index (κ2) is 5.73. The summed E-state index contributed by atoms with van der Waals surface area (Å²) in [4.78, 5) is 21.2. The smallest absolute Gasteiger partial charge is 0.261 e. The molecule has 5 heterocycles. The van der Waals surface area contributed by atoms with Gasteiger partial charge in [-0.2, -0.15) is 9.61 Å². The van der Waals surface area contributed by atoms with Crippen molar-refractivity contribution >= 4 is 17.4 Å². The first-order valence-electron chi connectivity index (χ1n) is 9.54. The van der Waals surface area contributed by atoms with Crippen LogP contribution in [0.25, 0.3) is 5.65 Å². The molecular weight excluding hydrogens is 380 g/mol. The lowest BCUT2D eigenvalue weighted by atomic mass is 9.92. The van der Waals surface area contributed by atoms with E-state index < -0.39 is 17.2 Å². The maximum atomic E-state index is 13.7. The van der Waals surface area contributed by atoms with Crippen molar-refractivity contribution in [1.29, 1.82) is 0 Å². The zero-order valence-electron chi connectivity index (χ0n) is 15.3. The van der Waals surface area contributed by atoms with Gasteiger partial charge in [0.05, 0.1) is 25.3 Å². The van der Waals surface area contributed by atoms with Gasteiger partial charge < -0.3 is 14.5 Å². The third-order valence-electron chi connectivity index (χ3n) is 6.08. The lowest BCUT2D eigenvalue weighted by Gasteiger charge is -2.46. The Kier molecular flexibility index (Phi) is 3.33. The Morgan fingerprint density at radius 3 is 2.66 bits per heavy atom. The van der Waals surface area contributed by atoms with Gasteiger partial charge in [0, 0.05) is 18.3 Å². The molecule has 0 saturated carbocycles. The summed E-state index contributed by atoms with van der Waals surface area (Å²) in [6.45, 7) is 0.810. The molecule has 7 nitrogen and oxygen atoms in total. The second-order valence-electron chi connectivity index (χ2n) is 7.84. The van der Waals surface area contributed by atoms with Gasteiger partial charge in [-0.05, 0) is 36.6 Å². The Morgan fingerprint density at radius 2 is 1.86 bits per heavy atom. The number of carbonyl (C=O) groups is 1. The molecule has 3 aliphatic heterocycles. The average Bonchev–Trinajstić information content (AvgIpc) is 3.34. The molecule has 6 rings (SSSR count). The van der Waals surface area contributed by atoms with E-state index in [0.29, 0.717) is 31.5 Å². The number of amides is 1. The molecule has 3 fully saturated rings. The molecule has 1 aromatic carbocycles. The molecule has 0 N–H and O–H groups in total. The van der Waals surface area contributed by atoms with E-state index in [1.165, 1.54) is 12.1 Å². The van der Waals surface area contributed by atoms with E-state index in [4.69, 9.17) is 4.74 Å². The van der Waals surface area contributed by atoms with Crippen molar-refractivity contribution in [2.45, 2.75) is 30.7 Å².